The maximum Gasteiger partial charge on any atom is 0.228 e. The average Bonchev–Trinajstić information content (AvgIpc) is 2.17. The molecule has 0 bridgehead atoms. The van der Waals surface area contributed by atoms with Crippen LogP contribution in [0.25, 0.3) is 0 Å². The molecule has 0 aromatic rings. The number of hydrogen-bond acceptors (Lipinski definition) is 4. The number of alkyl halides is 1. The van der Waals surface area contributed by atoms with Crippen LogP contribution in [0, 0.1) is 0 Å². The highest BCUT2D eigenvalue weighted by Gasteiger charge is 2.42. The van der Waals surface area contributed by atoms with Crippen molar-refractivity contribution < 1.29 is 24.4 Å². The zero-order chi connectivity index (χ0) is 7.72. The maximum atomic E-state index is 12.3. The van der Waals surface area contributed by atoms with E-state index in [1.165, 1.54) is 0 Å². The minimum absolute atomic E-state index is 0.487. The largest absolute Gasteiger partial charge is 0.394 e. The highest BCUT2D eigenvalue weighted by Crippen LogP contribution is 2.21. The highest BCUT2D eigenvalue weighted by atomic mass is 19.1. The van der Waals surface area contributed by atoms with Crippen LogP contribution in [0.15, 0.2) is 0 Å². The number of ether oxygens (including phenoxy) is 1. The van der Waals surface area contributed by atoms with E-state index in [1.807, 2.05) is 0 Å². The van der Waals surface area contributed by atoms with E-state index in [0.717, 1.165) is 0 Å². The summed E-state index contributed by atoms with van der Waals surface area (Å²) in [5.74, 6) is 0. The van der Waals surface area contributed by atoms with Crippen molar-refractivity contribution in [3.8, 4) is 0 Å². The van der Waals surface area contributed by atoms with Crippen molar-refractivity contribution in [1.82, 2.24) is 0 Å². The zero-order valence-corrected chi connectivity index (χ0v) is 5.14. The quantitative estimate of drug-likeness (QED) is 0.423. The van der Waals surface area contributed by atoms with Crippen LogP contribution in [-0.4, -0.2) is 46.6 Å². The molecule has 1 heterocycles. The molecule has 4 atom stereocenters. The second kappa shape index (κ2) is 2.79. The summed E-state index contributed by atoms with van der Waals surface area (Å²) in [5, 5.41) is 26.0. The highest BCUT2D eigenvalue weighted by molar-refractivity contribution is 4.85. The number of hydrogen-bond donors (Lipinski definition) is 3. The van der Waals surface area contributed by atoms with E-state index in [2.05, 4.69) is 4.74 Å². The molecule has 4 nitrogen and oxygen atoms in total. The summed E-state index contributed by atoms with van der Waals surface area (Å²) < 4.78 is 16.6. The van der Waals surface area contributed by atoms with Gasteiger partial charge in [-0.05, 0) is 0 Å². The molecule has 0 unspecified atom stereocenters. The van der Waals surface area contributed by atoms with E-state index in [4.69, 9.17) is 15.3 Å². The number of aliphatic hydroxyl groups excluding tert-OH is 3. The first-order valence-corrected chi connectivity index (χ1v) is 2.93. The fourth-order valence-corrected chi connectivity index (χ4v) is 0.854. The molecule has 0 aromatic heterocycles. The molecule has 10 heavy (non-hydrogen) atoms. The summed E-state index contributed by atoms with van der Waals surface area (Å²) in [6, 6.07) is 0. The van der Waals surface area contributed by atoms with Crippen LogP contribution in [0.1, 0.15) is 0 Å². The van der Waals surface area contributed by atoms with E-state index in [9.17, 15) is 4.39 Å². The van der Waals surface area contributed by atoms with Gasteiger partial charge in [0.25, 0.3) is 0 Å². The molecule has 3 N–H and O–H groups in total. The summed E-state index contributed by atoms with van der Waals surface area (Å²) >= 11 is 0. The lowest BCUT2D eigenvalue weighted by Gasteiger charge is -2.09. The van der Waals surface area contributed by atoms with Crippen LogP contribution in [0.5, 0.6) is 0 Å². The Bertz CT molecular complexity index is 120. The molecule has 60 valence electrons. The first kappa shape index (κ1) is 7.87. The maximum absolute atomic E-state index is 12.3. The van der Waals surface area contributed by atoms with Crippen LogP contribution >= 0.6 is 0 Å². The molecule has 0 saturated carbocycles. The molecule has 0 aromatic carbocycles. The molecule has 1 saturated heterocycles. The fraction of sp³-hybridized carbons (Fsp3) is 1.00. The predicted octanol–water partition coefficient (Wildman–Crippen LogP) is -1.61. The molecule has 1 aliphatic heterocycles. The molecule has 1 fully saturated rings. The smallest absolute Gasteiger partial charge is 0.228 e. The first-order valence-electron chi connectivity index (χ1n) is 2.93. The molecule has 0 spiro atoms. The molecular weight excluding hydrogens is 143 g/mol. The Balaban J connectivity index is 2.53. The van der Waals surface area contributed by atoms with Gasteiger partial charge in [0.2, 0.25) is 6.36 Å². The Morgan fingerprint density at radius 1 is 1.30 bits per heavy atom. The van der Waals surface area contributed by atoms with Crippen molar-refractivity contribution in [2.75, 3.05) is 6.61 Å². The van der Waals surface area contributed by atoms with E-state index in [0.29, 0.717) is 0 Å². The number of rotatable bonds is 1. The van der Waals surface area contributed by atoms with Crippen molar-refractivity contribution >= 4 is 0 Å². The normalized spacial score (nSPS) is 48.0. The van der Waals surface area contributed by atoms with Gasteiger partial charge in [0, 0.05) is 0 Å². The van der Waals surface area contributed by atoms with Crippen molar-refractivity contribution in [1.29, 1.82) is 0 Å². The predicted molar refractivity (Wildman–Crippen MR) is 28.9 cm³/mol. The van der Waals surface area contributed by atoms with Gasteiger partial charge < -0.3 is 20.1 Å². The summed E-state index contributed by atoms with van der Waals surface area (Å²) in [4.78, 5) is 0. The van der Waals surface area contributed by atoms with Crippen LogP contribution in [0.3, 0.4) is 0 Å². The topological polar surface area (TPSA) is 69.9 Å². The monoisotopic (exact) mass is 152 g/mol. The third kappa shape index (κ3) is 1.13. The molecular formula is C5H9FO4. The van der Waals surface area contributed by atoms with Crippen LogP contribution < -0.4 is 0 Å². The Hall–Kier alpha value is -0.230. The molecule has 5 heteroatoms. The summed E-state index contributed by atoms with van der Waals surface area (Å²) in [5.41, 5.74) is 0. The van der Waals surface area contributed by atoms with Gasteiger partial charge in [-0.1, -0.05) is 0 Å². The molecule has 1 rings (SSSR count). The van der Waals surface area contributed by atoms with Gasteiger partial charge in [-0.3, -0.25) is 0 Å². The fourth-order valence-electron chi connectivity index (χ4n) is 0.854. The molecule has 1 aliphatic rings. The summed E-state index contributed by atoms with van der Waals surface area (Å²) in [6.45, 7) is -0.487. The Labute approximate surface area is 56.9 Å². The minimum atomic E-state index is -1.88. The first-order chi connectivity index (χ1) is 4.66. The van der Waals surface area contributed by atoms with E-state index in [1.54, 1.807) is 0 Å². The van der Waals surface area contributed by atoms with Gasteiger partial charge in [-0.2, -0.15) is 0 Å². The number of halogens is 1. The van der Waals surface area contributed by atoms with Crippen molar-refractivity contribution in [3.05, 3.63) is 0 Å². The van der Waals surface area contributed by atoms with Gasteiger partial charge >= 0.3 is 0 Å². The Kier molecular flexibility index (Phi) is 2.20. The molecule has 0 radical (unpaired) electrons. The van der Waals surface area contributed by atoms with Crippen LogP contribution in [0.2, 0.25) is 0 Å². The Morgan fingerprint density at radius 2 is 1.90 bits per heavy atom. The second-order valence-electron chi connectivity index (χ2n) is 2.19. The second-order valence-corrected chi connectivity index (χ2v) is 2.19. The molecule has 0 aliphatic carbocycles. The van der Waals surface area contributed by atoms with E-state index >= 15 is 0 Å². The standard InChI is InChI=1S/C5H9FO4/c6-5-4(9)3(8)2(1-7)10-5/h2-5,7-9H,1H2/t2-,3-,4-,5+/m1/s1. The molecule has 0 amide bonds. The van der Waals surface area contributed by atoms with Crippen molar-refractivity contribution in [2.24, 2.45) is 0 Å². The van der Waals surface area contributed by atoms with Gasteiger partial charge in [0.15, 0.2) is 0 Å². The summed E-state index contributed by atoms with van der Waals surface area (Å²) in [7, 11) is 0. The lowest BCUT2D eigenvalue weighted by molar-refractivity contribution is -0.0822. The van der Waals surface area contributed by atoms with E-state index < -0.39 is 31.3 Å². The van der Waals surface area contributed by atoms with Gasteiger partial charge in [-0.15, -0.1) is 0 Å². The minimum Gasteiger partial charge on any atom is -0.394 e. The SMILES string of the molecule is OC[C@H]1O[C@H](F)[C@H](O)[C@@H]1O. The van der Waals surface area contributed by atoms with Gasteiger partial charge in [0.05, 0.1) is 6.61 Å². The third-order valence-electron chi connectivity index (χ3n) is 1.48. The number of aliphatic hydroxyl groups is 3. The van der Waals surface area contributed by atoms with Gasteiger partial charge in [-0.25, -0.2) is 4.39 Å². The van der Waals surface area contributed by atoms with E-state index in [-0.39, 0.29) is 0 Å². The zero-order valence-electron chi connectivity index (χ0n) is 5.14. The third-order valence-corrected chi connectivity index (χ3v) is 1.48. The lowest BCUT2D eigenvalue weighted by Crippen LogP contribution is -2.32. The van der Waals surface area contributed by atoms with Crippen molar-refractivity contribution in [3.63, 3.8) is 0 Å². The lowest BCUT2D eigenvalue weighted by atomic mass is 10.1. The van der Waals surface area contributed by atoms with Gasteiger partial charge in [0.1, 0.15) is 18.3 Å². The Morgan fingerprint density at radius 3 is 2.10 bits per heavy atom. The van der Waals surface area contributed by atoms with Crippen molar-refractivity contribution in [2.45, 2.75) is 24.7 Å². The van der Waals surface area contributed by atoms with Crippen LogP contribution in [0.4, 0.5) is 4.39 Å². The van der Waals surface area contributed by atoms with Crippen LogP contribution in [-0.2, 0) is 4.74 Å². The average molecular weight is 152 g/mol. The summed E-state index contributed by atoms with van der Waals surface area (Å²) in [6.07, 6.45) is -5.73.